The molecule has 1 aliphatic carbocycles. The highest BCUT2D eigenvalue weighted by atomic mass is 15.1. The molecule has 3 nitrogen and oxygen atoms in total. The van der Waals surface area contributed by atoms with Crippen molar-refractivity contribution in [3.63, 3.8) is 0 Å². The van der Waals surface area contributed by atoms with Gasteiger partial charge in [-0.1, -0.05) is 34.6 Å². The lowest BCUT2D eigenvalue weighted by molar-refractivity contribution is 0.338. The molecule has 1 aliphatic rings. The van der Waals surface area contributed by atoms with Crippen molar-refractivity contribution in [2.45, 2.75) is 58.9 Å². The van der Waals surface area contributed by atoms with Crippen molar-refractivity contribution in [3.8, 4) is 0 Å². The Hall–Kier alpha value is -1.51. The monoisotopic (exact) mass is 285 g/mol. The Morgan fingerprint density at radius 3 is 2.48 bits per heavy atom. The third-order valence-electron chi connectivity index (χ3n) is 5.14. The summed E-state index contributed by atoms with van der Waals surface area (Å²) in [5, 5.41) is 0. The molecule has 0 saturated heterocycles. The maximum Gasteiger partial charge on any atom is 0.115 e. The molecule has 0 bridgehead atoms. The fraction of sp³-hybridized carbons (Fsp3) is 0.611. The number of nitrogen functional groups attached to an aromatic ring is 1. The summed E-state index contributed by atoms with van der Waals surface area (Å²) < 4.78 is 2.50. The zero-order chi connectivity index (χ0) is 15.4. The van der Waals surface area contributed by atoms with Crippen molar-refractivity contribution in [1.82, 2.24) is 9.55 Å². The van der Waals surface area contributed by atoms with E-state index in [-0.39, 0.29) is 5.41 Å². The molecular weight excluding hydrogens is 258 g/mol. The number of rotatable bonds is 1. The quantitative estimate of drug-likeness (QED) is 0.783. The Balaban J connectivity index is 2.23. The van der Waals surface area contributed by atoms with E-state index in [1.54, 1.807) is 0 Å². The first kappa shape index (κ1) is 14.4. The minimum absolute atomic E-state index is 0.0410. The highest BCUT2D eigenvalue weighted by Crippen LogP contribution is 2.43. The summed E-state index contributed by atoms with van der Waals surface area (Å²) in [5.74, 6) is 2.67. The number of nitrogens with two attached hydrogens (primary N) is 1. The number of nitrogens with zero attached hydrogens (tertiary/aromatic N) is 2. The molecule has 2 N–H and O–H groups in total. The summed E-state index contributed by atoms with van der Waals surface area (Å²) in [6, 6.07) is 6.70. The van der Waals surface area contributed by atoms with Crippen LogP contribution >= 0.6 is 0 Å². The van der Waals surface area contributed by atoms with Gasteiger partial charge in [0.1, 0.15) is 5.82 Å². The third kappa shape index (κ3) is 2.33. The molecule has 0 spiro atoms. The second-order valence-corrected chi connectivity index (χ2v) is 7.78. The average molecular weight is 285 g/mol. The van der Waals surface area contributed by atoms with E-state index in [9.17, 15) is 0 Å². The van der Waals surface area contributed by atoms with Crippen LogP contribution in [0.2, 0.25) is 0 Å². The molecule has 1 aromatic heterocycles. The van der Waals surface area contributed by atoms with Crippen molar-refractivity contribution in [1.29, 1.82) is 0 Å². The van der Waals surface area contributed by atoms with Gasteiger partial charge >= 0.3 is 0 Å². The molecule has 3 atom stereocenters. The van der Waals surface area contributed by atoms with E-state index in [2.05, 4.69) is 45.3 Å². The molecule has 0 radical (unpaired) electrons. The number of benzene rings is 1. The summed E-state index contributed by atoms with van der Waals surface area (Å²) in [4.78, 5) is 4.93. The van der Waals surface area contributed by atoms with Crippen LogP contribution in [0.1, 0.15) is 59.3 Å². The van der Waals surface area contributed by atoms with Crippen molar-refractivity contribution in [2.75, 3.05) is 5.73 Å². The van der Waals surface area contributed by atoms with Crippen LogP contribution in [0.15, 0.2) is 18.2 Å². The maximum atomic E-state index is 5.95. The minimum Gasteiger partial charge on any atom is -0.399 e. The van der Waals surface area contributed by atoms with Crippen LogP contribution in [0.5, 0.6) is 0 Å². The lowest BCUT2D eigenvalue weighted by Crippen LogP contribution is -2.24. The molecule has 3 unspecified atom stereocenters. The molecule has 114 valence electrons. The Morgan fingerprint density at radius 2 is 1.90 bits per heavy atom. The average Bonchev–Trinajstić information content (AvgIpc) is 2.91. The van der Waals surface area contributed by atoms with Crippen LogP contribution in [0.25, 0.3) is 11.0 Å². The first-order valence-electron chi connectivity index (χ1n) is 8.07. The number of fused-ring (bicyclic) bond motifs is 1. The number of hydrogen-bond donors (Lipinski definition) is 1. The first-order chi connectivity index (χ1) is 9.79. The van der Waals surface area contributed by atoms with E-state index in [1.165, 1.54) is 24.2 Å². The number of hydrogen-bond acceptors (Lipinski definition) is 2. The molecular formula is C18H27N3. The van der Waals surface area contributed by atoms with Gasteiger partial charge in [0.05, 0.1) is 11.0 Å². The SMILES string of the molecule is CC1CCC(n2c(C(C)(C)C)nc3cc(N)ccc32)C1C. The predicted molar refractivity (Wildman–Crippen MR) is 89.4 cm³/mol. The van der Waals surface area contributed by atoms with Gasteiger partial charge in [0.2, 0.25) is 0 Å². The van der Waals surface area contributed by atoms with E-state index in [4.69, 9.17) is 10.7 Å². The van der Waals surface area contributed by atoms with Gasteiger partial charge in [-0.15, -0.1) is 0 Å². The Morgan fingerprint density at radius 1 is 1.19 bits per heavy atom. The standard InChI is InChI=1S/C18H27N3/c1-11-6-8-15(12(11)2)21-16-9-7-13(19)10-14(16)20-17(21)18(3,4)5/h7,9-12,15H,6,8,19H2,1-5H3. The van der Waals surface area contributed by atoms with Gasteiger partial charge in [-0.25, -0.2) is 4.98 Å². The molecule has 3 rings (SSSR count). The summed E-state index contributed by atoms with van der Waals surface area (Å²) in [6.45, 7) is 11.5. The molecule has 1 aromatic carbocycles. The van der Waals surface area contributed by atoms with Gasteiger partial charge in [-0.05, 0) is 42.9 Å². The van der Waals surface area contributed by atoms with Gasteiger partial charge in [0.15, 0.2) is 0 Å². The minimum atomic E-state index is 0.0410. The zero-order valence-corrected chi connectivity index (χ0v) is 13.9. The van der Waals surface area contributed by atoms with Crippen LogP contribution in [-0.4, -0.2) is 9.55 Å². The van der Waals surface area contributed by atoms with Crippen molar-refractivity contribution < 1.29 is 0 Å². The van der Waals surface area contributed by atoms with Crippen LogP contribution in [0.3, 0.4) is 0 Å². The number of aromatic nitrogens is 2. The number of anilines is 1. The Kier molecular flexibility index (Phi) is 3.27. The van der Waals surface area contributed by atoms with E-state index in [0.717, 1.165) is 17.1 Å². The smallest absolute Gasteiger partial charge is 0.115 e. The molecule has 1 heterocycles. The molecule has 2 aromatic rings. The van der Waals surface area contributed by atoms with E-state index in [0.29, 0.717) is 12.0 Å². The molecule has 3 heteroatoms. The van der Waals surface area contributed by atoms with Gasteiger partial charge < -0.3 is 10.3 Å². The summed E-state index contributed by atoms with van der Waals surface area (Å²) in [5.41, 5.74) is 9.05. The summed E-state index contributed by atoms with van der Waals surface area (Å²) >= 11 is 0. The fourth-order valence-corrected chi connectivity index (χ4v) is 3.68. The largest absolute Gasteiger partial charge is 0.399 e. The highest BCUT2D eigenvalue weighted by Gasteiger charge is 2.35. The van der Waals surface area contributed by atoms with Crippen molar-refractivity contribution in [3.05, 3.63) is 24.0 Å². The lowest BCUT2D eigenvalue weighted by Gasteiger charge is -2.27. The summed E-state index contributed by atoms with van der Waals surface area (Å²) in [6.07, 6.45) is 2.56. The fourth-order valence-electron chi connectivity index (χ4n) is 3.68. The van der Waals surface area contributed by atoms with Crippen LogP contribution in [0.4, 0.5) is 5.69 Å². The van der Waals surface area contributed by atoms with Crippen LogP contribution in [-0.2, 0) is 5.41 Å². The van der Waals surface area contributed by atoms with E-state index >= 15 is 0 Å². The molecule has 0 amide bonds. The topological polar surface area (TPSA) is 43.8 Å². The Bertz CT molecular complexity index is 663. The van der Waals surface area contributed by atoms with Crippen molar-refractivity contribution >= 4 is 16.7 Å². The van der Waals surface area contributed by atoms with E-state index < -0.39 is 0 Å². The number of imidazole rings is 1. The summed E-state index contributed by atoms with van der Waals surface area (Å²) in [7, 11) is 0. The van der Waals surface area contributed by atoms with Gasteiger partial charge in [0.25, 0.3) is 0 Å². The Labute approximate surface area is 127 Å². The molecule has 1 saturated carbocycles. The van der Waals surface area contributed by atoms with Gasteiger partial charge in [-0.3, -0.25) is 0 Å². The third-order valence-corrected chi connectivity index (χ3v) is 5.14. The zero-order valence-electron chi connectivity index (χ0n) is 13.9. The van der Waals surface area contributed by atoms with Gasteiger partial charge in [-0.2, -0.15) is 0 Å². The van der Waals surface area contributed by atoms with Gasteiger partial charge in [0, 0.05) is 17.1 Å². The molecule has 1 fully saturated rings. The second kappa shape index (κ2) is 4.75. The molecule has 21 heavy (non-hydrogen) atoms. The van der Waals surface area contributed by atoms with Crippen molar-refractivity contribution in [2.24, 2.45) is 11.8 Å². The maximum absolute atomic E-state index is 5.95. The predicted octanol–water partition coefficient (Wildman–Crippen LogP) is 4.52. The highest BCUT2D eigenvalue weighted by molar-refractivity contribution is 5.80. The first-order valence-corrected chi connectivity index (χ1v) is 8.07. The van der Waals surface area contributed by atoms with Crippen LogP contribution in [0, 0.1) is 11.8 Å². The normalized spacial score (nSPS) is 26.6. The molecule has 0 aliphatic heterocycles. The lowest BCUT2D eigenvalue weighted by atomic mass is 9.93. The van der Waals surface area contributed by atoms with Crippen LogP contribution < -0.4 is 5.73 Å². The second-order valence-electron chi connectivity index (χ2n) is 7.78. The van der Waals surface area contributed by atoms with E-state index in [1.807, 2.05) is 12.1 Å².